The van der Waals surface area contributed by atoms with Crippen LogP contribution in [0.1, 0.15) is 12.1 Å². The second kappa shape index (κ2) is 6.91. The van der Waals surface area contributed by atoms with E-state index in [0.717, 1.165) is 23.5 Å². The first-order chi connectivity index (χ1) is 9.72. The Morgan fingerprint density at radius 1 is 1.20 bits per heavy atom. The molecule has 2 rings (SSSR count). The zero-order valence-electron chi connectivity index (χ0n) is 11.6. The van der Waals surface area contributed by atoms with Crippen molar-refractivity contribution in [3.8, 4) is 11.3 Å². The van der Waals surface area contributed by atoms with Crippen LogP contribution in [0.5, 0.6) is 0 Å². The Morgan fingerprint density at radius 2 is 1.95 bits per heavy atom. The lowest BCUT2D eigenvalue weighted by Crippen LogP contribution is -2.10. The largest absolute Gasteiger partial charge is 0.481 e. The highest BCUT2D eigenvalue weighted by molar-refractivity contribution is 5.67. The topological polar surface area (TPSA) is 51.5 Å². The Hall–Kier alpha value is -2.07. The lowest BCUT2D eigenvalue weighted by Gasteiger charge is -2.13. The van der Waals surface area contributed by atoms with E-state index in [1.807, 2.05) is 30.3 Å². The van der Waals surface area contributed by atoms with Crippen molar-refractivity contribution in [2.45, 2.75) is 19.4 Å². The number of aryl methyl sites for hydroxylation is 1. The fraction of sp³-hybridized carbons (Fsp3) is 0.312. The normalized spacial score (nSPS) is 10.7. The van der Waals surface area contributed by atoms with Gasteiger partial charge in [-0.1, -0.05) is 30.3 Å². The number of carboxylic acid groups (broad SMARTS) is 1. The number of carbonyl (C=O) groups is 1. The van der Waals surface area contributed by atoms with Gasteiger partial charge in [-0.15, -0.1) is 0 Å². The number of nitrogens with zero attached hydrogens (tertiary/aromatic N) is 1. The molecule has 0 aliphatic carbocycles. The van der Waals surface area contributed by atoms with E-state index in [2.05, 4.69) is 16.7 Å². The number of rotatable bonds is 7. The maximum atomic E-state index is 10.7. The molecule has 20 heavy (non-hydrogen) atoms. The van der Waals surface area contributed by atoms with Crippen molar-refractivity contribution in [1.82, 2.24) is 4.57 Å². The summed E-state index contributed by atoms with van der Waals surface area (Å²) in [4.78, 5) is 10.7. The lowest BCUT2D eigenvalue weighted by molar-refractivity contribution is -0.136. The average molecular weight is 273 g/mol. The number of carboxylic acids is 1. The predicted octanol–water partition coefficient (Wildman–Crippen LogP) is 2.82. The number of benzene rings is 1. The van der Waals surface area contributed by atoms with Gasteiger partial charge < -0.3 is 14.4 Å². The summed E-state index contributed by atoms with van der Waals surface area (Å²) in [6.07, 6.45) is 0.678. The Kier molecular flexibility index (Phi) is 4.96. The van der Waals surface area contributed by atoms with Crippen LogP contribution in [0.15, 0.2) is 42.5 Å². The molecule has 1 aromatic heterocycles. The van der Waals surface area contributed by atoms with Gasteiger partial charge in [-0.3, -0.25) is 4.79 Å². The molecule has 4 nitrogen and oxygen atoms in total. The molecule has 1 N–H and O–H groups in total. The molecule has 4 heteroatoms. The second-order valence-corrected chi connectivity index (χ2v) is 4.61. The fourth-order valence-electron chi connectivity index (χ4n) is 2.27. The molecule has 0 bridgehead atoms. The molecule has 106 valence electrons. The SMILES string of the molecule is COCCn1c(CCC(=O)O)ccc1-c1ccccc1. The number of aromatic nitrogens is 1. The van der Waals surface area contributed by atoms with Gasteiger partial charge in [-0.2, -0.15) is 0 Å². The van der Waals surface area contributed by atoms with E-state index in [0.29, 0.717) is 13.0 Å². The molecule has 0 saturated carbocycles. The number of ether oxygens (including phenoxy) is 1. The summed E-state index contributed by atoms with van der Waals surface area (Å²) in [5, 5.41) is 8.83. The maximum Gasteiger partial charge on any atom is 0.303 e. The van der Waals surface area contributed by atoms with Crippen LogP contribution in [-0.4, -0.2) is 29.4 Å². The smallest absolute Gasteiger partial charge is 0.303 e. The van der Waals surface area contributed by atoms with Crippen LogP contribution in [-0.2, 0) is 22.5 Å². The van der Waals surface area contributed by atoms with Crippen LogP contribution < -0.4 is 0 Å². The third-order valence-corrected chi connectivity index (χ3v) is 3.25. The molecule has 0 unspecified atom stereocenters. The van der Waals surface area contributed by atoms with Crippen molar-refractivity contribution < 1.29 is 14.6 Å². The molecular weight excluding hydrogens is 254 g/mol. The maximum absolute atomic E-state index is 10.7. The Labute approximate surface area is 118 Å². The zero-order chi connectivity index (χ0) is 14.4. The van der Waals surface area contributed by atoms with E-state index >= 15 is 0 Å². The van der Waals surface area contributed by atoms with Crippen molar-refractivity contribution >= 4 is 5.97 Å². The van der Waals surface area contributed by atoms with E-state index in [1.54, 1.807) is 7.11 Å². The molecule has 0 aliphatic heterocycles. The van der Waals surface area contributed by atoms with Gasteiger partial charge in [0, 0.05) is 25.0 Å². The lowest BCUT2D eigenvalue weighted by atomic mass is 10.1. The average Bonchev–Trinajstić information content (AvgIpc) is 2.86. The first kappa shape index (κ1) is 14.3. The molecule has 0 radical (unpaired) electrons. The molecule has 0 aliphatic rings. The molecule has 0 spiro atoms. The van der Waals surface area contributed by atoms with E-state index in [-0.39, 0.29) is 6.42 Å². The molecule has 0 atom stereocenters. The monoisotopic (exact) mass is 273 g/mol. The van der Waals surface area contributed by atoms with Crippen molar-refractivity contribution in [3.63, 3.8) is 0 Å². The number of hydrogen-bond donors (Lipinski definition) is 1. The minimum atomic E-state index is -0.772. The summed E-state index contributed by atoms with van der Waals surface area (Å²) in [6.45, 7) is 1.33. The van der Waals surface area contributed by atoms with Crippen molar-refractivity contribution in [2.24, 2.45) is 0 Å². The quantitative estimate of drug-likeness (QED) is 0.844. The van der Waals surface area contributed by atoms with Gasteiger partial charge in [0.25, 0.3) is 0 Å². The number of aliphatic carboxylic acids is 1. The van der Waals surface area contributed by atoms with Crippen LogP contribution in [0.4, 0.5) is 0 Å². The second-order valence-electron chi connectivity index (χ2n) is 4.61. The number of hydrogen-bond acceptors (Lipinski definition) is 2. The highest BCUT2D eigenvalue weighted by Gasteiger charge is 2.10. The first-order valence-electron chi connectivity index (χ1n) is 6.67. The van der Waals surface area contributed by atoms with E-state index < -0.39 is 5.97 Å². The van der Waals surface area contributed by atoms with Gasteiger partial charge in [-0.25, -0.2) is 0 Å². The Bertz CT molecular complexity index is 560. The first-order valence-corrected chi connectivity index (χ1v) is 6.67. The molecule has 2 aromatic rings. The van der Waals surface area contributed by atoms with E-state index in [1.165, 1.54) is 0 Å². The fourth-order valence-corrected chi connectivity index (χ4v) is 2.27. The molecule has 1 heterocycles. The standard InChI is InChI=1S/C16H19NO3/c1-20-12-11-17-14(8-10-16(18)19)7-9-15(17)13-5-3-2-4-6-13/h2-7,9H,8,10-12H2,1H3,(H,18,19). The summed E-state index contributed by atoms with van der Waals surface area (Å²) in [5.41, 5.74) is 3.26. The van der Waals surface area contributed by atoms with Crippen LogP contribution in [0.2, 0.25) is 0 Å². The van der Waals surface area contributed by atoms with Gasteiger partial charge in [0.2, 0.25) is 0 Å². The molecular formula is C16H19NO3. The summed E-state index contributed by atoms with van der Waals surface area (Å²) in [5.74, 6) is -0.772. The van der Waals surface area contributed by atoms with Crippen molar-refractivity contribution in [1.29, 1.82) is 0 Å². The Balaban J connectivity index is 2.29. The predicted molar refractivity (Wildman–Crippen MR) is 77.7 cm³/mol. The minimum Gasteiger partial charge on any atom is -0.481 e. The molecule has 0 saturated heterocycles. The Morgan fingerprint density at radius 3 is 2.60 bits per heavy atom. The molecule has 1 aromatic carbocycles. The summed E-state index contributed by atoms with van der Waals surface area (Å²) in [6, 6.07) is 14.1. The van der Waals surface area contributed by atoms with Gasteiger partial charge >= 0.3 is 5.97 Å². The van der Waals surface area contributed by atoms with Gasteiger partial charge in [-0.05, 0) is 24.1 Å². The van der Waals surface area contributed by atoms with Crippen molar-refractivity contribution in [3.05, 3.63) is 48.2 Å². The zero-order valence-corrected chi connectivity index (χ0v) is 11.6. The summed E-state index contributed by atoms with van der Waals surface area (Å²) >= 11 is 0. The van der Waals surface area contributed by atoms with E-state index in [9.17, 15) is 4.79 Å². The van der Waals surface area contributed by atoms with Gasteiger partial charge in [0.05, 0.1) is 13.0 Å². The minimum absolute atomic E-state index is 0.144. The summed E-state index contributed by atoms with van der Waals surface area (Å²) in [7, 11) is 1.67. The molecule has 0 fully saturated rings. The summed E-state index contributed by atoms with van der Waals surface area (Å²) < 4.78 is 7.29. The van der Waals surface area contributed by atoms with Crippen LogP contribution in [0.3, 0.4) is 0 Å². The van der Waals surface area contributed by atoms with Crippen LogP contribution in [0, 0.1) is 0 Å². The van der Waals surface area contributed by atoms with Crippen LogP contribution in [0.25, 0.3) is 11.3 Å². The highest BCUT2D eigenvalue weighted by Crippen LogP contribution is 2.23. The third kappa shape index (κ3) is 3.48. The number of methoxy groups -OCH3 is 1. The van der Waals surface area contributed by atoms with E-state index in [4.69, 9.17) is 9.84 Å². The highest BCUT2D eigenvalue weighted by atomic mass is 16.5. The third-order valence-electron chi connectivity index (χ3n) is 3.25. The van der Waals surface area contributed by atoms with Crippen LogP contribution >= 0.6 is 0 Å². The van der Waals surface area contributed by atoms with Gasteiger partial charge in [0.15, 0.2) is 0 Å². The van der Waals surface area contributed by atoms with Crippen molar-refractivity contribution in [2.75, 3.05) is 13.7 Å². The van der Waals surface area contributed by atoms with Gasteiger partial charge in [0.1, 0.15) is 0 Å². The molecule has 0 amide bonds.